The van der Waals surface area contributed by atoms with E-state index < -0.39 is 29.5 Å². The number of aromatic nitrogens is 4. The van der Waals surface area contributed by atoms with Gasteiger partial charge < -0.3 is 0 Å². The van der Waals surface area contributed by atoms with Gasteiger partial charge >= 0.3 is 0 Å². The monoisotopic (exact) mass is 435 g/mol. The molecule has 1 fully saturated rings. The first kappa shape index (κ1) is 17.7. The summed E-state index contributed by atoms with van der Waals surface area (Å²) < 4.78 is 29.2. The van der Waals surface area contributed by atoms with Crippen molar-refractivity contribution in [2.75, 3.05) is 5.32 Å². The summed E-state index contributed by atoms with van der Waals surface area (Å²) in [6, 6.07) is 4.88. The van der Waals surface area contributed by atoms with Crippen molar-refractivity contribution < 1.29 is 13.6 Å². The van der Waals surface area contributed by atoms with E-state index in [1.807, 2.05) is 0 Å². The maximum Gasteiger partial charge on any atom is 0.275 e. The molecule has 1 aliphatic carbocycles. The molecule has 0 spiro atoms. The molecule has 4 rings (SSSR count). The zero-order valence-corrected chi connectivity index (χ0v) is 15.3. The van der Waals surface area contributed by atoms with Crippen LogP contribution >= 0.6 is 15.9 Å². The predicted octanol–water partition coefficient (Wildman–Crippen LogP) is 2.69. The summed E-state index contributed by atoms with van der Waals surface area (Å²) in [6.07, 6.45) is 2.43. The van der Waals surface area contributed by atoms with Crippen molar-refractivity contribution >= 4 is 38.6 Å². The molecule has 1 N–H and O–H groups in total. The molecule has 0 bridgehead atoms. The number of amides is 1. The van der Waals surface area contributed by atoms with E-state index in [-0.39, 0.29) is 17.0 Å². The average Bonchev–Trinajstić information content (AvgIpc) is 3.37. The van der Waals surface area contributed by atoms with Gasteiger partial charge in [0.15, 0.2) is 11.5 Å². The van der Waals surface area contributed by atoms with Crippen molar-refractivity contribution in [2.24, 2.45) is 0 Å². The number of benzene rings is 1. The second-order valence-electron chi connectivity index (χ2n) is 6.24. The summed E-state index contributed by atoms with van der Waals surface area (Å²) in [5, 5.41) is 7.16. The molecule has 2 aromatic heterocycles. The Bertz CT molecular complexity index is 1110. The van der Waals surface area contributed by atoms with Gasteiger partial charge in [0.05, 0.1) is 17.8 Å². The van der Waals surface area contributed by atoms with Gasteiger partial charge in [0.25, 0.3) is 5.56 Å². The Morgan fingerprint density at radius 1 is 1.26 bits per heavy atom. The summed E-state index contributed by atoms with van der Waals surface area (Å²) in [4.78, 5) is 32.1. The quantitative estimate of drug-likeness (QED) is 0.680. The molecule has 1 amide bonds. The van der Waals surface area contributed by atoms with Crippen LogP contribution in [0.1, 0.15) is 18.5 Å². The summed E-state index contributed by atoms with van der Waals surface area (Å²) in [6.45, 7) is -0.450. The normalized spacial score (nSPS) is 14.9. The Balaban J connectivity index is 1.70. The first-order valence-electron chi connectivity index (χ1n) is 8.03. The van der Waals surface area contributed by atoms with E-state index in [0.717, 1.165) is 17.1 Å². The van der Waals surface area contributed by atoms with Crippen LogP contribution in [0.3, 0.4) is 0 Å². The second kappa shape index (κ2) is 6.45. The van der Waals surface area contributed by atoms with Gasteiger partial charge in [0.2, 0.25) is 11.9 Å². The fourth-order valence-corrected chi connectivity index (χ4v) is 3.08. The lowest BCUT2D eigenvalue weighted by atomic mass is 10.1. The molecule has 2 heterocycles. The van der Waals surface area contributed by atoms with Crippen LogP contribution in [0.25, 0.3) is 10.8 Å². The maximum atomic E-state index is 14.8. The van der Waals surface area contributed by atoms with Crippen LogP contribution in [0.4, 0.5) is 14.7 Å². The Hall–Kier alpha value is -2.75. The lowest BCUT2D eigenvalue weighted by molar-refractivity contribution is -0.117. The fraction of sp³-hybridized carbons (Fsp3) is 0.235. The minimum Gasteiger partial charge on any atom is -0.293 e. The molecule has 1 aliphatic rings. The van der Waals surface area contributed by atoms with Crippen LogP contribution in [0.5, 0.6) is 0 Å². The summed E-state index contributed by atoms with van der Waals surface area (Å²) >= 11 is 3.32. The number of nitrogens with one attached hydrogen (secondary N) is 1. The number of alkyl halides is 1. The van der Waals surface area contributed by atoms with E-state index in [1.165, 1.54) is 0 Å². The smallest absolute Gasteiger partial charge is 0.275 e. The van der Waals surface area contributed by atoms with Gasteiger partial charge in [0, 0.05) is 9.86 Å². The van der Waals surface area contributed by atoms with Gasteiger partial charge in [0.1, 0.15) is 12.2 Å². The van der Waals surface area contributed by atoms with Crippen molar-refractivity contribution in [3.8, 4) is 0 Å². The average molecular weight is 436 g/mol. The van der Waals surface area contributed by atoms with Crippen molar-refractivity contribution in [2.45, 2.75) is 25.1 Å². The zero-order valence-electron chi connectivity index (χ0n) is 13.7. The Labute approximate surface area is 159 Å². The van der Waals surface area contributed by atoms with Gasteiger partial charge in [-0.15, -0.1) is 0 Å². The van der Waals surface area contributed by atoms with Crippen molar-refractivity contribution in [3.63, 3.8) is 0 Å². The number of hydrogen-bond donors (Lipinski definition) is 1. The molecule has 138 valence electrons. The van der Waals surface area contributed by atoms with Gasteiger partial charge in [-0.1, -0.05) is 15.9 Å². The van der Waals surface area contributed by atoms with Crippen LogP contribution in [-0.4, -0.2) is 25.7 Å². The highest BCUT2D eigenvalue weighted by Gasteiger charge is 2.48. The molecule has 0 aliphatic heterocycles. The molecule has 27 heavy (non-hydrogen) atoms. The van der Waals surface area contributed by atoms with Crippen LogP contribution in [-0.2, 0) is 17.0 Å². The third kappa shape index (κ3) is 3.44. The first-order chi connectivity index (χ1) is 12.9. The Morgan fingerprint density at radius 2 is 1.96 bits per heavy atom. The SMILES string of the molecule is O=C(Cn1nc(C2(F)CC2)c2cc(Br)ccc2c1=O)Nc1ncc(F)cn1. The Kier molecular flexibility index (Phi) is 4.22. The molecule has 0 saturated heterocycles. The van der Waals surface area contributed by atoms with E-state index in [4.69, 9.17) is 0 Å². The molecule has 3 aromatic rings. The number of carbonyl (C=O) groups is 1. The number of hydrogen-bond acceptors (Lipinski definition) is 5. The summed E-state index contributed by atoms with van der Waals surface area (Å²) in [7, 11) is 0. The van der Waals surface area contributed by atoms with Crippen LogP contribution in [0.15, 0.2) is 39.9 Å². The molecule has 0 radical (unpaired) electrons. The standard InChI is InChI=1S/C17H12BrF2N5O2/c18-9-1-2-11-12(5-9)14(17(20)3-4-17)24-25(15(11)27)8-13(26)23-16-21-6-10(19)7-22-16/h1-2,5-7H,3-4,8H2,(H,21,22,23,26). The number of nitrogens with zero attached hydrogens (tertiary/aromatic N) is 4. The van der Waals surface area contributed by atoms with E-state index in [0.29, 0.717) is 22.7 Å². The van der Waals surface area contributed by atoms with E-state index in [2.05, 4.69) is 36.3 Å². The zero-order chi connectivity index (χ0) is 19.2. The van der Waals surface area contributed by atoms with E-state index >= 15 is 0 Å². The Morgan fingerprint density at radius 3 is 2.63 bits per heavy atom. The van der Waals surface area contributed by atoms with E-state index in [9.17, 15) is 18.4 Å². The van der Waals surface area contributed by atoms with Gasteiger partial charge in [-0.05, 0) is 31.0 Å². The predicted molar refractivity (Wildman–Crippen MR) is 96.3 cm³/mol. The number of fused-ring (bicyclic) bond motifs is 1. The minimum atomic E-state index is -1.59. The van der Waals surface area contributed by atoms with Gasteiger partial charge in [-0.2, -0.15) is 5.10 Å². The van der Waals surface area contributed by atoms with Crippen molar-refractivity contribution in [1.82, 2.24) is 19.7 Å². The minimum absolute atomic E-state index is 0.108. The number of anilines is 1. The number of halogens is 3. The molecular weight excluding hydrogens is 424 g/mol. The third-order valence-corrected chi connectivity index (χ3v) is 4.69. The molecule has 0 atom stereocenters. The molecule has 1 saturated carbocycles. The fourth-order valence-electron chi connectivity index (χ4n) is 2.72. The number of carbonyl (C=O) groups excluding carboxylic acids is 1. The summed E-state index contributed by atoms with van der Waals surface area (Å²) in [5.41, 5.74) is -1.96. The van der Waals surface area contributed by atoms with Crippen LogP contribution in [0.2, 0.25) is 0 Å². The molecule has 7 nitrogen and oxygen atoms in total. The summed E-state index contributed by atoms with van der Waals surface area (Å²) in [5.74, 6) is -1.39. The third-order valence-electron chi connectivity index (χ3n) is 4.20. The van der Waals surface area contributed by atoms with Crippen LogP contribution in [0, 0.1) is 5.82 Å². The maximum absolute atomic E-state index is 14.8. The molecule has 1 aromatic carbocycles. The highest BCUT2D eigenvalue weighted by Crippen LogP contribution is 2.50. The highest BCUT2D eigenvalue weighted by atomic mass is 79.9. The lowest BCUT2D eigenvalue weighted by Crippen LogP contribution is -2.32. The molecule has 0 unspecified atom stereocenters. The number of rotatable bonds is 4. The molecule has 10 heteroatoms. The lowest BCUT2D eigenvalue weighted by Gasteiger charge is -2.13. The highest BCUT2D eigenvalue weighted by molar-refractivity contribution is 9.10. The first-order valence-corrected chi connectivity index (χ1v) is 8.82. The van der Waals surface area contributed by atoms with Crippen molar-refractivity contribution in [3.05, 3.63) is 56.9 Å². The second-order valence-corrected chi connectivity index (χ2v) is 7.16. The van der Waals surface area contributed by atoms with E-state index in [1.54, 1.807) is 18.2 Å². The molecular formula is C17H12BrF2N5O2. The van der Waals surface area contributed by atoms with Crippen molar-refractivity contribution in [1.29, 1.82) is 0 Å². The van der Waals surface area contributed by atoms with Gasteiger partial charge in [-0.3, -0.25) is 14.9 Å². The topological polar surface area (TPSA) is 89.8 Å². The largest absolute Gasteiger partial charge is 0.293 e. The van der Waals surface area contributed by atoms with Crippen LogP contribution < -0.4 is 10.9 Å². The van der Waals surface area contributed by atoms with Gasteiger partial charge in [-0.25, -0.2) is 23.4 Å².